The third-order valence-corrected chi connectivity index (χ3v) is 7.86. The Labute approximate surface area is 192 Å². The van der Waals surface area contributed by atoms with Gasteiger partial charge in [-0.05, 0) is 68.2 Å². The van der Waals surface area contributed by atoms with E-state index in [0.717, 1.165) is 32.1 Å². The third-order valence-electron chi connectivity index (χ3n) is 6.13. The van der Waals surface area contributed by atoms with Gasteiger partial charge in [0.05, 0.1) is 32.8 Å². The smallest absolute Gasteiger partial charge is 0.335 e. The number of benzene rings is 2. The minimum atomic E-state index is -4.16. The molecule has 0 amide bonds. The number of carboxylic acid groups (broad SMARTS) is 1. The molecule has 32 heavy (non-hydrogen) atoms. The number of aromatic carboxylic acids is 1. The predicted octanol–water partition coefficient (Wildman–Crippen LogP) is 5.16. The first-order valence-electron chi connectivity index (χ1n) is 10.5. The van der Waals surface area contributed by atoms with E-state index in [2.05, 4.69) is 4.72 Å². The fraction of sp³-hybridized carbons (Fsp3) is 0.391. The molecule has 2 fully saturated rings. The van der Waals surface area contributed by atoms with Gasteiger partial charge in [0.1, 0.15) is 11.8 Å². The first kappa shape index (κ1) is 22.4. The number of halogens is 1. The molecule has 0 saturated heterocycles. The average Bonchev–Trinajstić information content (AvgIpc) is 3.53. The van der Waals surface area contributed by atoms with Crippen LogP contribution in [0.25, 0.3) is 0 Å². The van der Waals surface area contributed by atoms with Gasteiger partial charge < -0.3 is 9.84 Å². The molecule has 2 aliphatic carbocycles. The van der Waals surface area contributed by atoms with Crippen LogP contribution in [-0.2, 0) is 10.0 Å². The van der Waals surface area contributed by atoms with Crippen LogP contribution >= 0.6 is 11.6 Å². The van der Waals surface area contributed by atoms with Crippen molar-refractivity contribution >= 4 is 33.3 Å². The molecule has 168 valence electrons. The zero-order chi connectivity index (χ0) is 23.0. The molecule has 0 bridgehead atoms. The Morgan fingerprint density at radius 2 is 1.97 bits per heavy atom. The number of anilines is 1. The number of nitrogens with one attached hydrogen (secondary N) is 1. The maximum absolute atomic E-state index is 13.4. The number of carboxylic acids is 1. The number of ether oxygens (including phenoxy) is 1. The molecule has 0 spiro atoms. The van der Waals surface area contributed by atoms with Gasteiger partial charge in [0, 0.05) is 6.07 Å². The second-order valence-electron chi connectivity index (χ2n) is 8.39. The Morgan fingerprint density at radius 1 is 1.25 bits per heavy atom. The molecule has 2 saturated carbocycles. The highest BCUT2D eigenvalue weighted by molar-refractivity contribution is 7.92. The lowest BCUT2D eigenvalue weighted by molar-refractivity contribution is 0.0696. The van der Waals surface area contributed by atoms with Gasteiger partial charge in [-0.3, -0.25) is 4.72 Å². The minimum absolute atomic E-state index is 0.0775. The normalized spacial score (nSPS) is 17.2. The molecule has 2 aliphatic rings. The maximum atomic E-state index is 13.4. The molecule has 2 aromatic carbocycles. The van der Waals surface area contributed by atoms with E-state index in [1.807, 2.05) is 13.0 Å². The third kappa shape index (κ3) is 4.54. The van der Waals surface area contributed by atoms with Crippen LogP contribution in [0.3, 0.4) is 0 Å². The van der Waals surface area contributed by atoms with Crippen molar-refractivity contribution in [3.8, 4) is 11.8 Å². The molecule has 0 radical (unpaired) electrons. The molecule has 1 unspecified atom stereocenters. The monoisotopic (exact) mass is 474 g/mol. The summed E-state index contributed by atoms with van der Waals surface area (Å²) in [6.07, 6.45) is 4.77. The minimum Gasteiger partial charge on any atom is -0.488 e. The van der Waals surface area contributed by atoms with E-state index in [4.69, 9.17) is 16.3 Å². The number of sulfonamides is 1. The van der Waals surface area contributed by atoms with Gasteiger partial charge in [-0.25, -0.2) is 13.2 Å². The van der Waals surface area contributed by atoms with E-state index in [9.17, 15) is 23.6 Å². The lowest BCUT2D eigenvalue weighted by atomic mass is 9.82. The second kappa shape index (κ2) is 8.64. The Balaban J connectivity index is 1.73. The van der Waals surface area contributed by atoms with E-state index in [0.29, 0.717) is 11.5 Å². The highest BCUT2D eigenvalue weighted by Crippen LogP contribution is 2.44. The Kier molecular flexibility index (Phi) is 6.06. The summed E-state index contributed by atoms with van der Waals surface area (Å²) in [6, 6.07) is 8.90. The van der Waals surface area contributed by atoms with Gasteiger partial charge in [0.2, 0.25) is 0 Å². The summed E-state index contributed by atoms with van der Waals surface area (Å²) in [5, 5.41) is 18.9. The first-order chi connectivity index (χ1) is 15.2. The van der Waals surface area contributed by atoms with E-state index in [-0.39, 0.29) is 44.5 Å². The van der Waals surface area contributed by atoms with E-state index < -0.39 is 16.0 Å². The van der Waals surface area contributed by atoms with Crippen molar-refractivity contribution in [2.75, 3.05) is 4.72 Å². The summed E-state index contributed by atoms with van der Waals surface area (Å²) in [4.78, 5) is 11.4. The summed E-state index contributed by atoms with van der Waals surface area (Å²) in [7, 11) is -4.16. The van der Waals surface area contributed by atoms with Crippen molar-refractivity contribution in [2.24, 2.45) is 5.92 Å². The van der Waals surface area contributed by atoms with Crippen molar-refractivity contribution < 1.29 is 23.1 Å². The first-order valence-corrected chi connectivity index (χ1v) is 12.4. The van der Waals surface area contributed by atoms with E-state index in [1.165, 1.54) is 24.3 Å². The number of hydrogen-bond acceptors (Lipinski definition) is 5. The van der Waals surface area contributed by atoms with Crippen molar-refractivity contribution in [1.29, 1.82) is 5.26 Å². The lowest BCUT2D eigenvalue weighted by Gasteiger charge is -2.32. The standard InChI is InChI=1S/C23H23ClN2O5S/c1-13(14-3-2-4-14)31-21-11-19(24)17(12-25)9-20(21)26-32(29,30)22-10-16(23(27)28)7-8-18(22)15-5-6-15/h7-11,13-15,26H,2-6H2,1H3,(H,27,28). The summed E-state index contributed by atoms with van der Waals surface area (Å²) in [5.41, 5.74) is 0.676. The molecule has 2 aromatic rings. The predicted molar refractivity (Wildman–Crippen MR) is 120 cm³/mol. The van der Waals surface area contributed by atoms with Crippen LogP contribution in [0.4, 0.5) is 5.69 Å². The molecule has 1 atom stereocenters. The highest BCUT2D eigenvalue weighted by Gasteiger charge is 2.32. The molecule has 0 aliphatic heterocycles. The molecule has 9 heteroatoms. The van der Waals surface area contributed by atoms with Gasteiger partial charge in [-0.2, -0.15) is 5.26 Å². The van der Waals surface area contributed by atoms with Gasteiger partial charge in [-0.1, -0.05) is 24.1 Å². The van der Waals surface area contributed by atoms with Gasteiger partial charge >= 0.3 is 5.97 Å². The maximum Gasteiger partial charge on any atom is 0.335 e. The van der Waals surface area contributed by atoms with Crippen molar-refractivity contribution in [1.82, 2.24) is 0 Å². The van der Waals surface area contributed by atoms with Crippen LogP contribution in [0.2, 0.25) is 5.02 Å². The van der Waals surface area contributed by atoms with Gasteiger partial charge in [0.25, 0.3) is 10.0 Å². The fourth-order valence-electron chi connectivity index (χ4n) is 3.86. The average molecular weight is 475 g/mol. The van der Waals surface area contributed by atoms with Crippen LogP contribution in [-0.4, -0.2) is 25.6 Å². The molecule has 0 aromatic heterocycles. The fourth-order valence-corrected chi connectivity index (χ4v) is 5.44. The van der Waals surface area contributed by atoms with Crippen molar-refractivity contribution in [3.05, 3.63) is 52.0 Å². The van der Waals surface area contributed by atoms with Crippen molar-refractivity contribution in [3.63, 3.8) is 0 Å². The molecule has 2 N–H and O–H groups in total. The van der Waals surface area contributed by atoms with Crippen molar-refractivity contribution in [2.45, 2.75) is 55.9 Å². The van der Waals surface area contributed by atoms with Crippen LogP contribution in [0, 0.1) is 17.2 Å². The largest absolute Gasteiger partial charge is 0.488 e. The van der Waals surface area contributed by atoms with Gasteiger partial charge in [-0.15, -0.1) is 0 Å². The van der Waals surface area contributed by atoms with E-state index >= 15 is 0 Å². The zero-order valence-corrected chi connectivity index (χ0v) is 19.0. The Hall–Kier alpha value is -2.76. The lowest BCUT2D eigenvalue weighted by Crippen LogP contribution is -2.29. The van der Waals surface area contributed by atoms with E-state index in [1.54, 1.807) is 6.07 Å². The Bertz CT molecular complexity index is 1210. The summed E-state index contributed by atoms with van der Waals surface area (Å²) >= 11 is 6.19. The molecular weight excluding hydrogens is 452 g/mol. The number of nitriles is 1. The Morgan fingerprint density at radius 3 is 2.53 bits per heavy atom. The van der Waals surface area contributed by atoms with Crippen LogP contribution in [0.1, 0.15) is 66.4 Å². The number of rotatable bonds is 8. The summed E-state index contributed by atoms with van der Waals surface area (Å²) < 4.78 is 35.3. The molecular formula is C23H23ClN2O5S. The summed E-state index contributed by atoms with van der Waals surface area (Å²) in [6.45, 7) is 1.93. The number of carbonyl (C=O) groups is 1. The van der Waals surface area contributed by atoms with Crippen LogP contribution in [0.15, 0.2) is 35.2 Å². The number of hydrogen-bond donors (Lipinski definition) is 2. The quantitative estimate of drug-likeness (QED) is 0.546. The van der Waals surface area contributed by atoms with Crippen LogP contribution < -0.4 is 9.46 Å². The molecule has 0 heterocycles. The molecule has 4 rings (SSSR count). The second-order valence-corrected chi connectivity index (χ2v) is 10.4. The number of nitrogens with zero attached hydrogens (tertiary/aromatic N) is 1. The topological polar surface area (TPSA) is 116 Å². The van der Waals surface area contributed by atoms with Gasteiger partial charge in [0.15, 0.2) is 0 Å². The molecule has 7 nitrogen and oxygen atoms in total. The SMILES string of the molecule is CC(Oc1cc(Cl)c(C#N)cc1NS(=O)(=O)c1cc(C(=O)O)ccc1C1CC1)C1CCC1. The highest BCUT2D eigenvalue weighted by atomic mass is 35.5. The zero-order valence-electron chi connectivity index (χ0n) is 17.5. The van der Waals surface area contributed by atoms with Crippen LogP contribution in [0.5, 0.6) is 5.75 Å². The summed E-state index contributed by atoms with van der Waals surface area (Å²) in [5.74, 6) is -0.513.